The summed E-state index contributed by atoms with van der Waals surface area (Å²) in [7, 11) is 1.89. The zero-order valence-electron chi connectivity index (χ0n) is 10.4. The summed E-state index contributed by atoms with van der Waals surface area (Å²) in [6.45, 7) is 0. The molecule has 0 N–H and O–H groups in total. The number of para-hydroxylation sites is 2. The predicted octanol–water partition coefficient (Wildman–Crippen LogP) is 4.83. The molecule has 4 heteroatoms. The van der Waals surface area contributed by atoms with E-state index < -0.39 is 0 Å². The second-order valence-electron chi connectivity index (χ2n) is 4.09. The Hall–Kier alpha value is -1.69. The molecule has 2 rings (SSSR count). The van der Waals surface area contributed by atoms with Crippen LogP contribution >= 0.6 is 23.2 Å². The van der Waals surface area contributed by atoms with Crippen LogP contribution < -0.4 is 4.90 Å². The van der Waals surface area contributed by atoms with Crippen molar-refractivity contribution < 1.29 is 0 Å². The van der Waals surface area contributed by atoms with E-state index in [9.17, 15) is 0 Å². The lowest BCUT2D eigenvalue weighted by atomic mass is 10.1. The highest BCUT2D eigenvalue weighted by atomic mass is 35.5. The molecule has 0 aliphatic carbocycles. The Balaban J connectivity index is 2.51. The van der Waals surface area contributed by atoms with E-state index in [0.717, 1.165) is 16.9 Å². The first-order valence-corrected chi connectivity index (χ1v) is 6.53. The average Bonchev–Trinajstić information content (AvgIpc) is 2.39. The van der Waals surface area contributed by atoms with Crippen LogP contribution in [0.25, 0.3) is 0 Å². The molecule has 2 nitrogen and oxygen atoms in total. The smallest absolute Gasteiger partial charge is 0.0786 e. The second-order valence-corrected chi connectivity index (χ2v) is 4.91. The van der Waals surface area contributed by atoms with Crippen molar-refractivity contribution in [2.45, 2.75) is 6.42 Å². The largest absolute Gasteiger partial charge is 0.342 e. The first kappa shape index (κ1) is 13.7. The van der Waals surface area contributed by atoms with Gasteiger partial charge in [-0.2, -0.15) is 5.26 Å². The van der Waals surface area contributed by atoms with E-state index in [1.165, 1.54) is 0 Å². The maximum Gasteiger partial charge on any atom is 0.0786 e. The fourth-order valence-electron chi connectivity index (χ4n) is 2.00. The SMILES string of the molecule is CN(c1ccccc1CC#N)c1c(Cl)cccc1Cl. The van der Waals surface area contributed by atoms with Gasteiger partial charge in [0.2, 0.25) is 0 Å². The number of hydrogen-bond acceptors (Lipinski definition) is 2. The number of halogens is 2. The maximum absolute atomic E-state index is 8.89. The van der Waals surface area contributed by atoms with Gasteiger partial charge in [-0.05, 0) is 23.8 Å². The lowest BCUT2D eigenvalue weighted by Crippen LogP contribution is -2.12. The van der Waals surface area contributed by atoms with Gasteiger partial charge in [-0.3, -0.25) is 0 Å². The van der Waals surface area contributed by atoms with Crippen LogP contribution in [0.4, 0.5) is 11.4 Å². The minimum atomic E-state index is 0.350. The molecule has 2 aromatic carbocycles. The summed E-state index contributed by atoms with van der Waals surface area (Å²) in [6, 6.07) is 15.3. The Morgan fingerprint density at radius 3 is 2.32 bits per heavy atom. The van der Waals surface area contributed by atoms with Gasteiger partial charge in [-0.1, -0.05) is 47.5 Å². The first-order chi connectivity index (χ1) is 9.15. The Kier molecular flexibility index (Phi) is 4.31. The fraction of sp³-hybridized carbons (Fsp3) is 0.133. The monoisotopic (exact) mass is 290 g/mol. The van der Waals surface area contributed by atoms with Gasteiger partial charge in [-0.25, -0.2) is 0 Å². The highest BCUT2D eigenvalue weighted by Gasteiger charge is 2.14. The fourth-order valence-corrected chi connectivity index (χ4v) is 2.65. The third-order valence-corrected chi connectivity index (χ3v) is 3.51. The highest BCUT2D eigenvalue weighted by molar-refractivity contribution is 6.39. The lowest BCUT2D eigenvalue weighted by Gasteiger charge is -2.24. The van der Waals surface area contributed by atoms with Crippen molar-refractivity contribution in [3.8, 4) is 6.07 Å². The van der Waals surface area contributed by atoms with E-state index in [1.807, 2.05) is 42.3 Å². The summed E-state index contributed by atoms with van der Waals surface area (Å²) < 4.78 is 0. The first-order valence-electron chi connectivity index (χ1n) is 5.77. The van der Waals surface area contributed by atoms with Gasteiger partial charge in [0.25, 0.3) is 0 Å². The molecule has 0 spiro atoms. The van der Waals surface area contributed by atoms with Crippen molar-refractivity contribution in [2.75, 3.05) is 11.9 Å². The number of benzene rings is 2. The molecule has 2 aromatic rings. The summed E-state index contributed by atoms with van der Waals surface area (Å²) in [5.41, 5.74) is 2.62. The van der Waals surface area contributed by atoms with Crippen molar-refractivity contribution in [3.63, 3.8) is 0 Å². The van der Waals surface area contributed by atoms with Gasteiger partial charge in [-0.15, -0.1) is 0 Å². The van der Waals surface area contributed by atoms with E-state index in [4.69, 9.17) is 28.5 Å². The van der Waals surface area contributed by atoms with Crippen molar-refractivity contribution in [1.29, 1.82) is 5.26 Å². The molecular weight excluding hydrogens is 279 g/mol. The van der Waals surface area contributed by atoms with Crippen LogP contribution in [0.15, 0.2) is 42.5 Å². The molecule has 0 radical (unpaired) electrons. The van der Waals surface area contributed by atoms with Crippen molar-refractivity contribution in [2.24, 2.45) is 0 Å². The molecule has 0 bridgehead atoms. The van der Waals surface area contributed by atoms with Crippen molar-refractivity contribution >= 4 is 34.6 Å². The Morgan fingerprint density at radius 1 is 1.05 bits per heavy atom. The molecule has 0 aliphatic heterocycles. The number of nitriles is 1. The van der Waals surface area contributed by atoms with Gasteiger partial charge in [0, 0.05) is 12.7 Å². The van der Waals surface area contributed by atoms with Gasteiger partial charge in [0.15, 0.2) is 0 Å². The van der Waals surface area contributed by atoms with Crippen LogP contribution in [0.2, 0.25) is 10.0 Å². The lowest BCUT2D eigenvalue weighted by molar-refractivity contribution is 1.15. The molecular formula is C15H12Cl2N2. The van der Waals surface area contributed by atoms with Crippen LogP contribution in [0.1, 0.15) is 5.56 Å². The normalized spacial score (nSPS) is 10.0. The van der Waals surface area contributed by atoms with E-state index >= 15 is 0 Å². The Morgan fingerprint density at radius 2 is 1.68 bits per heavy atom. The number of nitrogens with zero attached hydrogens (tertiary/aromatic N) is 2. The summed E-state index contributed by atoms with van der Waals surface area (Å²) >= 11 is 12.4. The second kappa shape index (κ2) is 5.97. The van der Waals surface area contributed by atoms with Crippen LogP contribution in [0.3, 0.4) is 0 Å². The standard InChI is InChI=1S/C15H12Cl2N2/c1-19(15-12(16)6-4-7-13(15)17)14-8-3-2-5-11(14)9-10-18/h2-8H,9H2,1H3. The molecule has 0 aromatic heterocycles. The maximum atomic E-state index is 8.89. The zero-order chi connectivity index (χ0) is 13.8. The van der Waals surface area contributed by atoms with E-state index in [0.29, 0.717) is 16.5 Å². The summed E-state index contributed by atoms with van der Waals surface area (Å²) in [6.07, 6.45) is 0.350. The molecule has 0 fully saturated rings. The minimum absolute atomic E-state index is 0.350. The molecule has 0 saturated heterocycles. The average molecular weight is 291 g/mol. The number of rotatable bonds is 3. The van der Waals surface area contributed by atoms with E-state index in [2.05, 4.69) is 6.07 Å². The molecule has 0 aliphatic rings. The van der Waals surface area contributed by atoms with Crippen LogP contribution in [0, 0.1) is 11.3 Å². The van der Waals surface area contributed by atoms with E-state index in [1.54, 1.807) is 12.1 Å². The third-order valence-electron chi connectivity index (χ3n) is 2.90. The van der Waals surface area contributed by atoms with E-state index in [-0.39, 0.29) is 0 Å². The van der Waals surface area contributed by atoms with Gasteiger partial charge >= 0.3 is 0 Å². The summed E-state index contributed by atoms with van der Waals surface area (Å²) in [5, 5.41) is 10.1. The molecule has 0 heterocycles. The summed E-state index contributed by atoms with van der Waals surface area (Å²) in [5.74, 6) is 0. The summed E-state index contributed by atoms with van der Waals surface area (Å²) in [4.78, 5) is 1.91. The predicted molar refractivity (Wildman–Crippen MR) is 80.3 cm³/mol. The minimum Gasteiger partial charge on any atom is -0.342 e. The number of anilines is 2. The van der Waals surface area contributed by atoms with Gasteiger partial charge < -0.3 is 4.90 Å². The topological polar surface area (TPSA) is 27.0 Å². The zero-order valence-corrected chi connectivity index (χ0v) is 11.9. The van der Waals surface area contributed by atoms with Crippen LogP contribution in [-0.4, -0.2) is 7.05 Å². The molecule has 0 atom stereocenters. The number of hydrogen-bond donors (Lipinski definition) is 0. The van der Waals surface area contributed by atoms with Crippen molar-refractivity contribution in [1.82, 2.24) is 0 Å². The third kappa shape index (κ3) is 2.84. The van der Waals surface area contributed by atoms with Crippen LogP contribution in [0.5, 0.6) is 0 Å². The highest BCUT2D eigenvalue weighted by Crippen LogP contribution is 2.37. The van der Waals surface area contributed by atoms with Crippen molar-refractivity contribution in [3.05, 3.63) is 58.1 Å². The Labute approximate surface area is 122 Å². The molecule has 19 heavy (non-hydrogen) atoms. The Bertz CT molecular complexity index is 612. The van der Waals surface area contributed by atoms with Gasteiger partial charge in [0.1, 0.15) is 0 Å². The van der Waals surface area contributed by atoms with Gasteiger partial charge in [0.05, 0.1) is 28.2 Å². The van der Waals surface area contributed by atoms with Crippen LogP contribution in [-0.2, 0) is 6.42 Å². The quantitative estimate of drug-likeness (QED) is 0.810. The molecule has 0 saturated carbocycles. The molecule has 96 valence electrons. The molecule has 0 unspecified atom stereocenters. The molecule has 0 amide bonds.